The number of aliphatic hydroxyl groups is 1. The van der Waals surface area contributed by atoms with Crippen LogP contribution in [0.5, 0.6) is 0 Å². The fourth-order valence-electron chi connectivity index (χ4n) is 1.14. The first-order chi connectivity index (χ1) is 6.17. The Morgan fingerprint density at radius 2 is 2.23 bits per heavy atom. The first-order valence-electron chi connectivity index (χ1n) is 3.91. The van der Waals surface area contributed by atoms with E-state index in [4.69, 9.17) is 5.11 Å². The van der Waals surface area contributed by atoms with E-state index in [0.717, 1.165) is 9.13 Å². The van der Waals surface area contributed by atoms with Gasteiger partial charge in [-0.25, -0.2) is 4.39 Å². The van der Waals surface area contributed by atoms with E-state index >= 15 is 0 Å². The standard InChI is InChI=1S/C9H11FINO/c1-12-9(5-13)6-2-7(10)4-8(11)3-6/h2-4,9,12-13H,5H2,1H3. The predicted molar refractivity (Wildman–Crippen MR) is 58.0 cm³/mol. The van der Waals surface area contributed by atoms with E-state index in [9.17, 15) is 4.39 Å². The minimum absolute atomic E-state index is 0.0317. The van der Waals surface area contributed by atoms with Gasteiger partial charge in [-0.15, -0.1) is 0 Å². The van der Waals surface area contributed by atoms with E-state index in [1.54, 1.807) is 7.05 Å². The van der Waals surface area contributed by atoms with Gasteiger partial charge in [0.2, 0.25) is 0 Å². The topological polar surface area (TPSA) is 32.3 Å². The van der Waals surface area contributed by atoms with Crippen molar-refractivity contribution in [3.8, 4) is 0 Å². The molecule has 1 atom stereocenters. The highest BCUT2D eigenvalue weighted by atomic mass is 127. The van der Waals surface area contributed by atoms with E-state index in [0.29, 0.717) is 0 Å². The first-order valence-corrected chi connectivity index (χ1v) is 4.99. The number of aliphatic hydroxyl groups excluding tert-OH is 1. The molecule has 1 rings (SSSR count). The molecule has 0 radical (unpaired) electrons. The lowest BCUT2D eigenvalue weighted by Crippen LogP contribution is -2.20. The maximum absolute atomic E-state index is 12.9. The lowest BCUT2D eigenvalue weighted by molar-refractivity contribution is 0.250. The summed E-state index contributed by atoms with van der Waals surface area (Å²) < 4.78 is 13.8. The van der Waals surface area contributed by atoms with Crippen LogP contribution >= 0.6 is 22.6 Å². The fourth-order valence-corrected chi connectivity index (χ4v) is 1.80. The second kappa shape index (κ2) is 4.88. The van der Waals surface area contributed by atoms with Crippen molar-refractivity contribution in [3.63, 3.8) is 0 Å². The van der Waals surface area contributed by atoms with Crippen LogP contribution in [0.4, 0.5) is 4.39 Å². The molecule has 2 N–H and O–H groups in total. The fraction of sp³-hybridized carbons (Fsp3) is 0.333. The van der Waals surface area contributed by atoms with Crippen LogP contribution in [0.15, 0.2) is 18.2 Å². The lowest BCUT2D eigenvalue weighted by Gasteiger charge is -2.13. The number of rotatable bonds is 3. The summed E-state index contributed by atoms with van der Waals surface area (Å²) in [5.41, 5.74) is 0.773. The first kappa shape index (κ1) is 10.9. The second-order valence-corrected chi connectivity index (χ2v) is 3.97. The number of hydrogen-bond acceptors (Lipinski definition) is 2. The van der Waals surface area contributed by atoms with Gasteiger partial charge in [0.05, 0.1) is 12.6 Å². The van der Waals surface area contributed by atoms with Crippen LogP contribution in [0.3, 0.4) is 0 Å². The van der Waals surface area contributed by atoms with E-state index in [1.165, 1.54) is 12.1 Å². The molecule has 0 heterocycles. The summed E-state index contributed by atoms with van der Waals surface area (Å²) in [4.78, 5) is 0. The SMILES string of the molecule is CNC(CO)c1cc(F)cc(I)c1. The summed E-state index contributed by atoms with van der Waals surface area (Å²) in [5.74, 6) is -0.268. The summed E-state index contributed by atoms with van der Waals surface area (Å²) in [6.45, 7) is -0.0317. The molecule has 1 aromatic rings. The Morgan fingerprint density at radius 1 is 1.54 bits per heavy atom. The normalized spacial score (nSPS) is 12.9. The average Bonchev–Trinajstić information content (AvgIpc) is 2.04. The molecule has 0 saturated carbocycles. The number of hydrogen-bond donors (Lipinski definition) is 2. The average molecular weight is 295 g/mol. The Balaban J connectivity index is 2.99. The molecule has 0 aromatic heterocycles. The summed E-state index contributed by atoms with van der Waals surface area (Å²) in [7, 11) is 1.73. The van der Waals surface area contributed by atoms with Gasteiger partial charge in [0, 0.05) is 3.57 Å². The summed E-state index contributed by atoms with van der Waals surface area (Å²) >= 11 is 2.05. The third-order valence-electron chi connectivity index (χ3n) is 1.82. The van der Waals surface area contributed by atoms with Crippen molar-refractivity contribution in [1.82, 2.24) is 5.32 Å². The number of halogens is 2. The minimum atomic E-state index is -0.268. The molecule has 1 aromatic carbocycles. The van der Waals surface area contributed by atoms with Gasteiger partial charge in [-0.05, 0) is 53.4 Å². The van der Waals surface area contributed by atoms with Crippen LogP contribution in [0, 0.1) is 9.39 Å². The molecule has 0 bridgehead atoms. The summed E-state index contributed by atoms with van der Waals surface area (Å²) in [5, 5.41) is 11.9. The molecule has 1 unspecified atom stereocenters. The number of nitrogens with one attached hydrogen (secondary N) is 1. The molecule has 0 spiro atoms. The monoisotopic (exact) mass is 295 g/mol. The van der Waals surface area contributed by atoms with Crippen molar-refractivity contribution >= 4 is 22.6 Å². The molecule has 4 heteroatoms. The van der Waals surface area contributed by atoms with Crippen molar-refractivity contribution in [1.29, 1.82) is 0 Å². The molecule has 2 nitrogen and oxygen atoms in total. The highest BCUT2D eigenvalue weighted by molar-refractivity contribution is 14.1. The van der Waals surface area contributed by atoms with Crippen LogP contribution in [-0.4, -0.2) is 18.8 Å². The Labute approximate surface area is 90.3 Å². The molecule has 0 amide bonds. The Kier molecular flexibility index (Phi) is 4.08. The summed E-state index contributed by atoms with van der Waals surface area (Å²) in [6.07, 6.45) is 0. The van der Waals surface area contributed by atoms with Gasteiger partial charge in [0.15, 0.2) is 0 Å². The third kappa shape index (κ3) is 2.89. The Hall–Kier alpha value is -0.200. The van der Waals surface area contributed by atoms with Gasteiger partial charge in [-0.2, -0.15) is 0 Å². The predicted octanol–water partition coefficient (Wildman–Crippen LogP) is 1.68. The molecular weight excluding hydrogens is 284 g/mol. The molecule has 72 valence electrons. The third-order valence-corrected chi connectivity index (χ3v) is 2.44. The zero-order valence-corrected chi connectivity index (χ0v) is 9.38. The molecule has 0 aliphatic heterocycles. The van der Waals surface area contributed by atoms with Crippen molar-refractivity contribution in [2.24, 2.45) is 0 Å². The van der Waals surface area contributed by atoms with Crippen LogP contribution in [0.1, 0.15) is 11.6 Å². The van der Waals surface area contributed by atoms with Gasteiger partial charge in [0.1, 0.15) is 5.82 Å². The van der Waals surface area contributed by atoms with Gasteiger partial charge in [-0.3, -0.25) is 0 Å². The Bertz CT molecular complexity index is 269. The van der Waals surface area contributed by atoms with Crippen molar-refractivity contribution < 1.29 is 9.50 Å². The van der Waals surface area contributed by atoms with Crippen molar-refractivity contribution in [3.05, 3.63) is 33.1 Å². The van der Waals surface area contributed by atoms with Gasteiger partial charge in [0.25, 0.3) is 0 Å². The van der Waals surface area contributed by atoms with Gasteiger partial charge < -0.3 is 10.4 Å². The maximum Gasteiger partial charge on any atom is 0.124 e. The van der Waals surface area contributed by atoms with E-state index in [1.807, 2.05) is 28.7 Å². The van der Waals surface area contributed by atoms with Crippen molar-refractivity contribution in [2.45, 2.75) is 6.04 Å². The van der Waals surface area contributed by atoms with Crippen LogP contribution in [-0.2, 0) is 0 Å². The number of benzene rings is 1. The highest BCUT2D eigenvalue weighted by Crippen LogP contribution is 2.17. The molecule has 0 aliphatic carbocycles. The zero-order chi connectivity index (χ0) is 9.84. The molecule has 0 fully saturated rings. The second-order valence-electron chi connectivity index (χ2n) is 2.73. The highest BCUT2D eigenvalue weighted by Gasteiger charge is 2.09. The zero-order valence-electron chi connectivity index (χ0n) is 7.22. The molecule has 0 saturated heterocycles. The minimum Gasteiger partial charge on any atom is -0.394 e. The largest absolute Gasteiger partial charge is 0.394 e. The molecular formula is C9H11FINO. The van der Waals surface area contributed by atoms with E-state index in [2.05, 4.69) is 5.32 Å². The van der Waals surface area contributed by atoms with Crippen LogP contribution in [0.25, 0.3) is 0 Å². The smallest absolute Gasteiger partial charge is 0.124 e. The van der Waals surface area contributed by atoms with Gasteiger partial charge >= 0.3 is 0 Å². The van der Waals surface area contributed by atoms with Crippen LogP contribution < -0.4 is 5.32 Å². The lowest BCUT2D eigenvalue weighted by atomic mass is 10.1. The number of likely N-dealkylation sites (N-methyl/N-ethyl adjacent to an activating group) is 1. The van der Waals surface area contributed by atoms with E-state index in [-0.39, 0.29) is 18.5 Å². The van der Waals surface area contributed by atoms with Gasteiger partial charge in [-0.1, -0.05) is 0 Å². The quantitative estimate of drug-likeness (QED) is 0.832. The van der Waals surface area contributed by atoms with Crippen molar-refractivity contribution in [2.75, 3.05) is 13.7 Å². The molecule has 13 heavy (non-hydrogen) atoms. The maximum atomic E-state index is 12.9. The Morgan fingerprint density at radius 3 is 2.69 bits per heavy atom. The van der Waals surface area contributed by atoms with Crippen LogP contribution in [0.2, 0.25) is 0 Å². The summed E-state index contributed by atoms with van der Waals surface area (Å²) in [6, 6.07) is 4.54. The molecule has 0 aliphatic rings. The van der Waals surface area contributed by atoms with E-state index < -0.39 is 0 Å².